The normalized spacial score (nSPS) is 11.2. The molecule has 2 heteroatoms. The Morgan fingerprint density at radius 2 is 1.59 bits per heavy atom. The average Bonchev–Trinajstić information content (AvgIpc) is 2.59. The lowest BCUT2D eigenvalue weighted by atomic mass is 10.1. The van der Waals surface area contributed by atoms with Crippen LogP contribution in [0, 0.1) is 0 Å². The highest BCUT2D eigenvalue weighted by atomic mass is 16.5. The van der Waals surface area contributed by atoms with Gasteiger partial charge >= 0.3 is 0 Å². The fraction of sp³-hybridized carbons (Fsp3) is 0.250. The highest BCUT2D eigenvalue weighted by molar-refractivity contribution is 6.09. The summed E-state index contributed by atoms with van der Waals surface area (Å²) in [7, 11) is 0. The predicted molar refractivity (Wildman–Crippen MR) is 90.7 cm³/mol. The zero-order chi connectivity index (χ0) is 15.6. The van der Waals surface area contributed by atoms with E-state index in [2.05, 4.69) is 6.92 Å². The summed E-state index contributed by atoms with van der Waals surface area (Å²) in [5, 5.41) is 0. The second-order valence-electron chi connectivity index (χ2n) is 5.17. The van der Waals surface area contributed by atoms with Gasteiger partial charge in [-0.1, -0.05) is 80.4 Å². The molecule has 0 saturated carbocycles. The number of unbranched alkanes of at least 4 members (excludes halogenated alkanes) is 2. The zero-order valence-electron chi connectivity index (χ0n) is 13.0. The van der Waals surface area contributed by atoms with Gasteiger partial charge in [0.1, 0.15) is 0 Å². The summed E-state index contributed by atoms with van der Waals surface area (Å²) in [6, 6.07) is 19.1. The van der Waals surface area contributed by atoms with Crippen LogP contribution in [0.3, 0.4) is 0 Å². The lowest BCUT2D eigenvalue weighted by Crippen LogP contribution is -2.08. The third-order valence-electron chi connectivity index (χ3n) is 3.36. The Morgan fingerprint density at radius 3 is 2.23 bits per heavy atom. The quantitative estimate of drug-likeness (QED) is 0.292. The molecule has 2 aromatic carbocycles. The number of hydrogen-bond donors (Lipinski definition) is 0. The summed E-state index contributed by atoms with van der Waals surface area (Å²) in [4.78, 5) is 12.6. The lowest BCUT2D eigenvalue weighted by molar-refractivity contribution is 0.0919. The largest absolute Gasteiger partial charge is 0.489 e. The van der Waals surface area contributed by atoms with Crippen molar-refractivity contribution in [3.63, 3.8) is 0 Å². The number of hydrogen-bond acceptors (Lipinski definition) is 2. The summed E-state index contributed by atoms with van der Waals surface area (Å²) in [6.07, 6.45) is 5.03. The highest BCUT2D eigenvalue weighted by Gasteiger charge is 2.13. The summed E-state index contributed by atoms with van der Waals surface area (Å²) < 4.78 is 5.78. The van der Waals surface area contributed by atoms with Crippen LogP contribution in [-0.2, 0) is 4.74 Å². The number of ketones is 1. The summed E-state index contributed by atoms with van der Waals surface area (Å²) in [6.45, 7) is 2.72. The number of carbonyl (C=O) groups is 1. The van der Waals surface area contributed by atoms with Gasteiger partial charge in [-0.3, -0.25) is 4.79 Å². The smallest absolute Gasteiger partial charge is 0.227 e. The summed E-state index contributed by atoms with van der Waals surface area (Å²) in [5.74, 6) is 0.342. The summed E-state index contributed by atoms with van der Waals surface area (Å²) in [5.41, 5.74) is 1.62. The van der Waals surface area contributed by atoms with Crippen molar-refractivity contribution >= 4 is 11.9 Å². The molecule has 0 N–H and O–H groups in total. The van der Waals surface area contributed by atoms with Crippen molar-refractivity contribution in [2.24, 2.45) is 0 Å². The van der Waals surface area contributed by atoms with E-state index in [0.717, 1.165) is 24.8 Å². The van der Waals surface area contributed by atoms with E-state index in [1.807, 2.05) is 66.7 Å². The second kappa shape index (κ2) is 8.83. The molecule has 0 spiro atoms. The molecule has 2 aromatic rings. The predicted octanol–water partition coefficient (Wildman–Crippen LogP) is 5.12. The van der Waals surface area contributed by atoms with Crippen molar-refractivity contribution < 1.29 is 9.53 Å². The van der Waals surface area contributed by atoms with Gasteiger partial charge in [0.05, 0.1) is 6.61 Å². The molecule has 2 rings (SSSR count). The van der Waals surface area contributed by atoms with E-state index in [1.165, 1.54) is 0 Å². The standard InChI is InChI=1S/C20H22O2/c1-2-3-10-15-22-19(16-17-11-6-4-7-12-17)20(21)18-13-8-5-9-14-18/h4-9,11-14,16H,2-3,10,15H2,1H3. The maximum Gasteiger partial charge on any atom is 0.227 e. The summed E-state index contributed by atoms with van der Waals surface area (Å²) >= 11 is 0. The van der Waals surface area contributed by atoms with Crippen LogP contribution in [0.1, 0.15) is 42.1 Å². The van der Waals surface area contributed by atoms with Crippen molar-refractivity contribution in [1.82, 2.24) is 0 Å². The molecule has 0 atom stereocenters. The van der Waals surface area contributed by atoms with E-state index in [4.69, 9.17) is 4.74 Å². The maximum atomic E-state index is 12.6. The molecule has 0 aromatic heterocycles. The molecule has 0 aliphatic carbocycles. The van der Waals surface area contributed by atoms with Gasteiger partial charge in [-0.2, -0.15) is 0 Å². The van der Waals surface area contributed by atoms with Crippen molar-refractivity contribution in [2.45, 2.75) is 26.2 Å². The highest BCUT2D eigenvalue weighted by Crippen LogP contribution is 2.15. The van der Waals surface area contributed by atoms with E-state index >= 15 is 0 Å². The van der Waals surface area contributed by atoms with Gasteiger partial charge in [-0.15, -0.1) is 0 Å². The molecule has 114 valence electrons. The fourth-order valence-corrected chi connectivity index (χ4v) is 2.14. The molecule has 0 aliphatic rings. The molecule has 0 unspecified atom stereocenters. The Morgan fingerprint density at radius 1 is 0.955 bits per heavy atom. The molecule has 0 fully saturated rings. The van der Waals surface area contributed by atoms with E-state index in [-0.39, 0.29) is 5.78 Å². The van der Waals surface area contributed by atoms with Crippen LogP contribution in [0.25, 0.3) is 6.08 Å². The van der Waals surface area contributed by atoms with E-state index in [1.54, 1.807) is 0 Å². The number of carbonyl (C=O) groups excluding carboxylic acids is 1. The molecule has 2 nitrogen and oxygen atoms in total. The van der Waals surface area contributed by atoms with E-state index < -0.39 is 0 Å². The Bertz CT molecular complexity index is 600. The van der Waals surface area contributed by atoms with Gasteiger partial charge in [0.25, 0.3) is 0 Å². The average molecular weight is 294 g/mol. The first kappa shape index (κ1) is 16.0. The first-order chi connectivity index (χ1) is 10.8. The Hall–Kier alpha value is -2.35. The molecule has 0 amide bonds. The monoisotopic (exact) mass is 294 g/mol. The van der Waals surface area contributed by atoms with Gasteiger partial charge in [-0.05, 0) is 18.1 Å². The number of Topliss-reactive ketones (excluding diaryl/α,β-unsaturated/α-hetero) is 1. The minimum absolute atomic E-state index is 0.0686. The maximum absolute atomic E-state index is 12.6. The number of ether oxygens (including phenoxy) is 1. The Balaban J connectivity index is 2.17. The lowest BCUT2D eigenvalue weighted by Gasteiger charge is -2.10. The van der Waals surface area contributed by atoms with Crippen molar-refractivity contribution in [3.8, 4) is 0 Å². The molecular formula is C20H22O2. The van der Waals surface area contributed by atoms with Crippen molar-refractivity contribution in [2.75, 3.05) is 6.61 Å². The van der Waals surface area contributed by atoms with Crippen LogP contribution in [-0.4, -0.2) is 12.4 Å². The molecule has 0 heterocycles. The molecule has 0 radical (unpaired) electrons. The number of allylic oxidation sites excluding steroid dienone is 1. The van der Waals surface area contributed by atoms with Gasteiger partial charge in [0.2, 0.25) is 5.78 Å². The first-order valence-corrected chi connectivity index (χ1v) is 7.80. The third-order valence-corrected chi connectivity index (χ3v) is 3.36. The van der Waals surface area contributed by atoms with E-state index in [9.17, 15) is 4.79 Å². The minimum Gasteiger partial charge on any atom is -0.489 e. The molecule has 0 aliphatic heterocycles. The van der Waals surface area contributed by atoms with Crippen LogP contribution in [0.15, 0.2) is 66.4 Å². The number of rotatable bonds is 8. The van der Waals surface area contributed by atoms with E-state index in [0.29, 0.717) is 17.9 Å². The van der Waals surface area contributed by atoms with Crippen LogP contribution in [0.5, 0.6) is 0 Å². The first-order valence-electron chi connectivity index (χ1n) is 7.80. The molecular weight excluding hydrogens is 272 g/mol. The van der Waals surface area contributed by atoms with Gasteiger partial charge in [0.15, 0.2) is 5.76 Å². The SMILES string of the molecule is CCCCCOC(=Cc1ccccc1)C(=O)c1ccccc1. The second-order valence-corrected chi connectivity index (χ2v) is 5.17. The van der Waals surface area contributed by atoms with Gasteiger partial charge in [0, 0.05) is 5.56 Å². The van der Waals surface area contributed by atoms with Crippen molar-refractivity contribution in [3.05, 3.63) is 77.5 Å². The topological polar surface area (TPSA) is 26.3 Å². The fourth-order valence-electron chi connectivity index (χ4n) is 2.14. The minimum atomic E-state index is -0.0686. The van der Waals surface area contributed by atoms with Crippen molar-refractivity contribution in [1.29, 1.82) is 0 Å². The van der Waals surface area contributed by atoms with Gasteiger partial charge < -0.3 is 4.74 Å². The van der Waals surface area contributed by atoms with Gasteiger partial charge in [-0.25, -0.2) is 0 Å². The zero-order valence-corrected chi connectivity index (χ0v) is 13.0. The van der Waals surface area contributed by atoms with Crippen LogP contribution in [0.2, 0.25) is 0 Å². The van der Waals surface area contributed by atoms with Crippen LogP contribution >= 0.6 is 0 Å². The van der Waals surface area contributed by atoms with Crippen LogP contribution in [0.4, 0.5) is 0 Å². The number of benzene rings is 2. The Labute approximate surface area is 132 Å². The molecule has 22 heavy (non-hydrogen) atoms. The molecule has 0 bridgehead atoms. The molecule has 0 saturated heterocycles. The third kappa shape index (κ3) is 4.88. The Kier molecular flexibility index (Phi) is 6.43. The van der Waals surface area contributed by atoms with Crippen LogP contribution < -0.4 is 0 Å².